The van der Waals surface area contributed by atoms with E-state index in [4.69, 9.17) is 0 Å². The van der Waals surface area contributed by atoms with E-state index in [1.54, 1.807) is 19.2 Å². The Labute approximate surface area is 139 Å². The van der Waals surface area contributed by atoms with Crippen LogP contribution in [-0.4, -0.2) is 18.2 Å². The molecule has 0 fully saturated rings. The largest absolute Gasteiger partial charge is 0.279 e. The van der Waals surface area contributed by atoms with Crippen LogP contribution in [0.5, 0.6) is 0 Å². The summed E-state index contributed by atoms with van der Waals surface area (Å²) >= 11 is 3.37. The first-order valence-electron chi connectivity index (χ1n) is 6.84. The smallest absolute Gasteiger partial charge is 0.265 e. The molecule has 2 rings (SSSR count). The second-order valence-corrected chi connectivity index (χ2v) is 8.90. The Bertz CT molecular complexity index is 805. The van der Waals surface area contributed by atoms with Gasteiger partial charge in [-0.3, -0.25) is 9.40 Å². The molecule has 0 saturated heterocycles. The molecule has 0 aliphatic heterocycles. The van der Waals surface area contributed by atoms with Gasteiger partial charge in [0, 0.05) is 23.1 Å². The lowest BCUT2D eigenvalue weighted by molar-refractivity contribution is 0.539. The summed E-state index contributed by atoms with van der Waals surface area (Å²) in [6.45, 7) is 7.69. The van der Waals surface area contributed by atoms with E-state index in [0.29, 0.717) is 11.4 Å². The zero-order chi connectivity index (χ0) is 16.7. The molecule has 7 heteroatoms. The first kappa shape index (κ1) is 17.0. The molecule has 0 aliphatic rings. The van der Waals surface area contributed by atoms with Crippen LogP contribution in [0.1, 0.15) is 32.0 Å². The highest BCUT2D eigenvalue weighted by molar-refractivity contribution is 9.10. The minimum absolute atomic E-state index is 0.213. The van der Waals surface area contributed by atoms with Gasteiger partial charge in [0.25, 0.3) is 10.0 Å². The van der Waals surface area contributed by atoms with Crippen molar-refractivity contribution in [2.45, 2.75) is 38.0 Å². The summed E-state index contributed by atoms with van der Waals surface area (Å²) in [5.74, 6) is 0. The lowest BCUT2D eigenvalue weighted by atomic mass is 9.92. The average Bonchev–Trinajstić information content (AvgIpc) is 2.76. The average molecular weight is 386 g/mol. The van der Waals surface area contributed by atoms with Crippen molar-refractivity contribution >= 4 is 31.6 Å². The molecule has 0 aliphatic carbocycles. The van der Waals surface area contributed by atoms with Crippen LogP contribution in [-0.2, 0) is 22.5 Å². The molecule has 120 valence electrons. The third-order valence-electron chi connectivity index (χ3n) is 3.23. The van der Waals surface area contributed by atoms with E-state index in [9.17, 15) is 8.42 Å². The van der Waals surface area contributed by atoms with Crippen molar-refractivity contribution in [3.05, 3.63) is 40.1 Å². The van der Waals surface area contributed by atoms with E-state index < -0.39 is 10.0 Å². The number of aryl methyl sites for hydroxylation is 2. The Morgan fingerprint density at radius 2 is 1.91 bits per heavy atom. The van der Waals surface area contributed by atoms with Crippen molar-refractivity contribution in [2.24, 2.45) is 7.05 Å². The molecule has 2 aromatic rings. The molecule has 0 radical (unpaired) electrons. The Morgan fingerprint density at radius 3 is 2.45 bits per heavy atom. The molecule has 1 N–H and O–H groups in total. The maximum Gasteiger partial charge on any atom is 0.265 e. The van der Waals surface area contributed by atoms with E-state index >= 15 is 0 Å². The number of benzene rings is 1. The number of nitrogens with zero attached hydrogens (tertiary/aromatic N) is 2. The van der Waals surface area contributed by atoms with Crippen molar-refractivity contribution in [3.63, 3.8) is 0 Å². The summed E-state index contributed by atoms with van der Waals surface area (Å²) in [4.78, 5) is 0.213. The summed E-state index contributed by atoms with van der Waals surface area (Å²) in [6.07, 6.45) is 1.54. The molecule has 0 atom stereocenters. The highest BCUT2D eigenvalue weighted by atomic mass is 79.9. The third-order valence-corrected chi connectivity index (χ3v) is 5.09. The van der Waals surface area contributed by atoms with Crippen molar-refractivity contribution in [3.8, 4) is 0 Å². The maximum absolute atomic E-state index is 12.7. The van der Waals surface area contributed by atoms with Gasteiger partial charge in [0.2, 0.25) is 0 Å². The van der Waals surface area contributed by atoms with E-state index in [1.807, 2.05) is 33.8 Å². The van der Waals surface area contributed by atoms with Crippen molar-refractivity contribution in [1.82, 2.24) is 9.78 Å². The molecule has 1 aromatic carbocycles. The lowest BCUT2D eigenvalue weighted by Gasteiger charge is -2.18. The zero-order valence-electron chi connectivity index (χ0n) is 13.3. The number of rotatable bonds is 3. The van der Waals surface area contributed by atoms with Crippen molar-refractivity contribution in [1.29, 1.82) is 0 Å². The standard InChI is InChI=1S/C15H20BrN3O2S/c1-10-8-11(16)6-7-12(10)18-22(20,21)13-9-19(5)17-14(13)15(2,3)4/h6-9,18H,1-5H3. The Morgan fingerprint density at radius 1 is 1.27 bits per heavy atom. The van der Waals surface area contributed by atoms with Gasteiger partial charge in [-0.1, -0.05) is 36.7 Å². The molecule has 5 nitrogen and oxygen atoms in total. The van der Waals surface area contributed by atoms with Crippen LogP contribution in [0.2, 0.25) is 0 Å². The quantitative estimate of drug-likeness (QED) is 0.877. The van der Waals surface area contributed by atoms with Gasteiger partial charge in [-0.05, 0) is 30.7 Å². The van der Waals surface area contributed by atoms with Gasteiger partial charge in [0.05, 0.1) is 11.4 Å². The third kappa shape index (κ3) is 3.52. The topological polar surface area (TPSA) is 64.0 Å². The van der Waals surface area contributed by atoms with Crippen LogP contribution in [0.15, 0.2) is 33.8 Å². The van der Waals surface area contributed by atoms with E-state index in [-0.39, 0.29) is 10.3 Å². The van der Waals surface area contributed by atoms with Gasteiger partial charge < -0.3 is 0 Å². The molecule has 1 heterocycles. The van der Waals surface area contributed by atoms with E-state index in [1.165, 1.54) is 10.9 Å². The van der Waals surface area contributed by atoms with Crippen LogP contribution in [0.25, 0.3) is 0 Å². The van der Waals surface area contributed by atoms with E-state index in [2.05, 4.69) is 25.8 Å². The van der Waals surface area contributed by atoms with Crippen LogP contribution in [0.4, 0.5) is 5.69 Å². The number of halogens is 1. The Hall–Kier alpha value is -1.34. The fraction of sp³-hybridized carbons (Fsp3) is 0.400. The maximum atomic E-state index is 12.7. The predicted molar refractivity (Wildman–Crippen MR) is 91.6 cm³/mol. The van der Waals surface area contributed by atoms with Gasteiger partial charge in [-0.2, -0.15) is 5.10 Å². The van der Waals surface area contributed by atoms with Crippen LogP contribution < -0.4 is 4.72 Å². The monoisotopic (exact) mass is 385 g/mol. The number of hydrogen-bond acceptors (Lipinski definition) is 3. The summed E-state index contributed by atoms with van der Waals surface area (Å²) < 4.78 is 30.6. The Kier molecular flexibility index (Phi) is 4.41. The van der Waals surface area contributed by atoms with Crippen LogP contribution >= 0.6 is 15.9 Å². The highest BCUT2D eigenvalue weighted by Crippen LogP contribution is 2.29. The molecule has 22 heavy (non-hydrogen) atoms. The summed E-state index contributed by atoms with van der Waals surface area (Å²) in [5.41, 5.74) is 1.60. The van der Waals surface area contributed by atoms with E-state index in [0.717, 1.165) is 10.0 Å². The molecule has 1 aromatic heterocycles. The molecular weight excluding hydrogens is 366 g/mol. The lowest BCUT2D eigenvalue weighted by Crippen LogP contribution is -2.20. The van der Waals surface area contributed by atoms with Gasteiger partial charge in [-0.15, -0.1) is 0 Å². The predicted octanol–water partition coefficient (Wildman–Crippen LogP) is 3.59. The van der Waals surface area contributed by atoms with Crippen LogP contribution in [0.3, 0.4) is 0 Å². The number of aromatic nitrogens is 2. The second kappa shape index (κ2) is 5.70. The minimum Gasteiger partial charge on any atom is -0.279 e. The first-order chi connectivity index (χ1) is 10.0. The molecule has 0 amide bonds. The van der Waals surface area contributed by atoms with Crippen LogP contribution in [0, 0.1) is 6.92 Å². The van der Waals surface area contributed by atoms with Gasteiger partial charge in [0.1, 0.15) is 4.90 Å². The number of nitrogens with one attached hydrogen (secondary N) is 1. The molecule has 0 spiro atoms. The van der Waals surface area contributed by atoms with Gasteiger partial charge in [0.15, 0.2) is 0 Å². The Balaban J connectivity index is 2.48. The first-order valence-corrected chi connectivity index (χ1v) is 9.11. The molecule has 0 bridgehead atoms. The molecular formula is C15H20BrN3O2S. The summed E-state index contributed by atoms with van der Waals surface area (Å²) in [7, 11) is -1.97. The zero-order valence-corrected chi connectivity index (χ0v) is 15.7. The highest BCUT2D eigenvalue weighted by Gasteiger charge is 2.29. The second-order valence-electron chi connectivity index (χ2n) is 6.33. The number of hydrogen-bond donors (Lipinski definition) is 1. The summed E-state index contributed by atoms with van der Waals surface area (Å²) in [6, 6.07) is 5.41. The minimum atomic E-state index is -3.69. The molecule has 0 saturated carbocycles. The fourth-order valence-corrected chi connectivity index (χ4v) is 4.12. The fourth-order valence-electron chi connectivity index (χ4n) is 2.12. The normalized spacial score (nSPS) is 12.5. The van der Waals surface area contributed by atoms with Gasteiger partial charge >= 0.3 is 0 Å². The summed E-state index contributed by atoms with van der Waals surface area (Å²) in [5, 5.41) is 4.32. The van der Waals surface area contributed by atoms with Crippen molar-refractivity contribution < 1.29 is 8.42 Å². The SMILES string of the molecule is Cc1cc(Br)ccc1NS(=O)(=O)c1cn(C)nc1C(C)(C)C. The van der Waals surface area contributed by atoms with Gasteiger partial charge in [-0.25, -0.2) is 8.42 Å². The number of sulfonamides is 1. The molecule has 0 unspecified atom stereocenters. The van der Waals surface area contributed by atoms with Crippen molar-refractivity contribution in [2.75, 3.05) is 4.72 Å². The number of anilines is 1.